The monoisotopic (exact) mass is 297 g/mol. The SMILES string of the molecule is Cn1c(=O)c(S(C)(=O)=O)c(O)c2cc3c(cc21)OCO3. The van der Waals surface area contributed by atoms with Crippen LogP contribution in [-0.2, 0) is 16.9 Å². The van der Waals surface area contributed by atoms with E-state index in [2.05, 4.69) is 0 Å². The number of hydrogen-bond donors (Lipinski definition) is 1. The molecule has 8 heteroatoms. The van der Waals surface area contributed by atoms with Gasteiger partial charge in [-0.2, -0.15) is 0 Å². The molecule has 2 aromatic rings. The minimum Gasteiger partial charge on any atom is -0.506 e. The zero-order valence-electron chi connectivity index (χ0n) is 10.7. The minimum absolute atomic E-state index is 0.0410. The van der Waals surface area contributed by atoms with E-state index < -0.39 is 26.0 Å². The van der Waals surface area contributed by atoms with Crippen molar-refractivity contribution in [3.05, 3.63) is 22.5 Å². The molecule has 20 heavy (non-hydrogen) atoms. The Kier molecular flexibility index (Phi) is 2.49. The van der Waals surface area contributed by atoms with Crippen LogP contribution in [0.1, 0.15) is 0 Å². The quantitative estimate of drug-likeness (QED) is 0.817. The number of benzene rings is 1. The lowest BCUT2D eigenvalue weighted by molar-refractivity contribution is 0.174. The van der Waals surface area contributed by atoms with Crippen molar-refractivity contribution in [3.8, 4) is 17.2 Å². The molecule has 0 aliphatic carbocycles. The van der Waals surface area contributed by atoms with Crippen LogP contribution in [-0.4, -0.2) is 31.1 Å². The molecule has 1 aliphatic rings. The van der Waals surface area contributed by atoms with Crippen LogP contribution < -0.4 is 15.0 Å². The summed E-state index contributed by atoms with van der Waals surface area (Å²) in [4.78, 5) is 11.5. The van der Waals surface area contributed by atoms with E-state index in [-0.39, 0.29) is 12.2 Å². The summed E-state index contributed by atoms with van der Waals surface area (Å²) in [5, 5.41) is 10.4. The average Bonchev–Trinajstić information content (AvgIpc) is 2.80. The zero-order valence-corrected chi connectivity index (χ0v) is 11.5. The summed E-state index contributed by atoms with van der Waals surface area (Å²) in [6, 6.07) is 2.99. The number of nitrogens with zero attached hydrogens (tertiary/aromatic N) is 1. The Morgan fingerprint density at radius 3 is 2.45 bits per heavy atom. The maximum atomic E-state index is 12.1. The van der Waals surface area contributed by atoms with Gasteiger partial charge in [0.25, 0.3) is 5.56 Å². The number of aromatic hydroxyl groups is 1. The highest BCUT2D eigenvalue weighted by molar-refractivity contribution is 7.90. The molecule has 1 aromatic carbocycles. The molecular weight excluding hydrogens is 286 g/mol. The van der Waals surface area contributed by atoms with Gasteiger partial charge in [0.1, 0.15) is 5.75 Å². The Labute approximate surface area is 113 Å². The van der Waals surface area contributed by atoms with Crippen molar-refractivity contribution in [1.29, 1.82) is 0 Å². The van der Waals surface area contributed by atoms with E-state index in [1.807, 2.05) is 0 Å². The van der Waals surface area contributed by atoms with Crippen LogP contribution >= 0.6 is 0 Å². The molecule has 0 fully saturated rings. The molecule has 0 radical (unpaired) electrons. The summed E-state index contributed by atoms with van der Waals surface area (Å²) in [6.45, 7) is 0.0410. The molecule has 0 bridgehead atoms. The molecule has 0 amide bonds. The fourth-order valence-electron chi connectivity index (χ4n) is 2.22. The highest BCUT2D eigenvalue weighted by Crippen LogP contribution is 2.39. The number of hydrogen-bond acceptors (Lipinski definition) is 6. The number of aryl methyl sites for hydroxylation is 1. The smallest absolute Gasteiger partial charge is 0.273 e. The van der Waals surface area contributed by atoms with Gasteiger partial charge in [0.15, 0.2) is 26.2 Å². The molecule has 1 aromatic heterocycles. The van der Waals surface area contributed by atoms with Crippen molar-refractivity contribution in [2.75, 3.05) is 13.0 Å². The van der Waals surface area contributed by atoms with Gasteiger partial charge in [0, 0.05) is 24.8 Å². The van der Waals surface area contributed by atoms with Gasteiger partial charge in [0.2, 0.25) is 6.79 Å². The molecule has 0 saturated carbocycles. The summed E-state index contributed by atoms with van der Waals surface area (Å²) < 4.78 is 34.9. The first-order valence-electron chi connectivity index (χ1n) is 5.66. The molecule has 0 saturated heterocycles. The van der Waals surface area contributed by atoms with Gasteiger partial charge < -0.3 is 19.1 Å². The molecule has 2 heterocycles. The third kappa shape index (κ3) is 1.64. The number of aromatic nitrogens is 1. The largest absolute Gasteiger partial charge is 0.506 e. The van der Waals surface area contributed by atoms with Crippen LogP contribution in [0.5, 0.6) is 17.2 Å². The van der Waals surface area contributed by atoms with Crippen LogP contribution in [0, 0.1) is 0 Å². The van der Waals surface area contributed by atoms with Gasteiger partial charge >= 0.3 is 0 Å². The maximum Gasteiger partial charge on any atom is 0.273 e. The second-order valence-electron chi connectivity index (χ2n) is 4.54. The zero-order chi connectivity index (χ0) is 14.7. The molecule has 1 N–H and O–H groups in total. The molecule has 3 rings (SSSR count). The van der Waals surface area contributed by atoms with Gasteiger partial charge in [-0.05, 0) is 6.07 Å². The molecule has 0 atom stereocenters. The van der Waals surface area contributed by atoms with Crippen molar-refractivity contribution < 1.29 is 23.0 Å². The number of sulfone groups is 1. The van der Waals surface area contributed by atoms with Crippen molar-refractivity contribution >= 4 is 20.7 Å². The van der Waals surface area contributed by atoms with Gasteiger partial charge in [0.05, 0.1) is 5.52 Å². The predicted octanol–water partition coefficient (Wildman–Crippen LogP) is 0.376. The van der Waals surface area contributed by atoms with Gasteiger partial charge in [-0.25, -0.2) is 8.42 Å². The van der Waals surface area contributed by atoms with Crippen molar-refractivity contribution in [3.63, 3.8) is 0 Å². The van der Waals surface area contributed by atoms with Crippen LogP contribution in [0.15, 0.2) is 21.8 Å². The topological polar surface area (TPSA) is 94.8 Å². The summed E-state index contributed by atoms with van der Waals surface area (Å²) in [6.07, 6.45) is 0.877. The second-order valence-corrected chi connectivity index (χ2v) is 6.49. The maximum absolute atomic E-state index is 12.1. The Morgan fingerprint density at radius 2 is 1.85 bits per heavy atom. The lowest BCUT2D eigenvalue weighted by Gasteiger charge is -2.11. The summed E-state index contributed by atoms with van der Waals surface area (Å²) in [7, 11) is -2.42. The van der Waals surface area contributed by atoms with Crippen LogP contribution in [0.25, 0.3) is 10.9 Å². The van der Waals surface area contributed by atoms with Crippen LogP contribution in [0.3, 0.4) is 0 Å². The number of ether oxygens (including phenoxy) is 2. The lowest BCUT2D eigenvalue weighted by atomic mass is 10.1. The van der Waals surface area contributed by atoms with Gasteiger partial charge in [-0.1, -0.05) is 0 Å². The van der Waals surface area contributed by atoms with E-state index in [4.69, 9.17) is 9.47 Å². The van der Waals surface area contributed by atoms with E-state index in [9.17, 15) is 18.3 Å². The predicted molar refractivity (Wildman–Crippen MR) is 70.1 cm³/mol. The standard InChI is InChI=1S/C12H11NO6S/c1-13-7-4-9-8(18-5-19-9)3-6(7)10(14)11(12(13)15)20(2,16)17/h3-4,14H,5H2,1-2H3. The first-order chi connectivity index (χ1) is 9.30. The van der Waals surface area contributed by atoms with Crippen LogP contribution in [0.4, 0.5) is 0 Å². The van der Waals surface area contributed by atoms with E-state index in [0.29, 0.717) is 17.0 Å². The van der Waals surface area contributed by atoms with E-state index >= 15 is 0 Å². The number of rotatable bonds is 1. The third-order valence-electron chi connectivity index (χ3n) is 3.19. The molecule has 1 aliphatic heterocycles. The van der Waals surface area contributed by atoms with E-state index in [1.54, 1.807) is 0 Å². The average molecular weight is 297 g/mol. The third-order valence-corrected chi connectivity index (χ3v) is 4.30. The minimum atomic E-state index is -3.85. The second kappa shape index (κ2) is 3.89. The fourth-order valence-corrected chi connectivity index (χ4v) is 3.13. The van der Waals surface area contributed by atoms with Crippen molar-refractivity contribution in [2.24, 2.45) is 7.05 Å². The van der Waals surface area contributed by atoms with Gasteiger partial charge in [-0.15, -0.1) is 0 Å². The Morgan fingerprint density at radius 1 is 1.25 bits per heavy atom. The van der Waals surface area contributed by atoms with E-state index in [0.717, 1.165) is 10.8 Å². The van der Waals surface area contributed by atoms with Gasteiger partial charge in [-0.3, -0.25) is 4.79 Å². The lowest BCUT2D eigenvalue weighted by Crippen LogP contribution is -2.24. The number of fused-ring (bicyclic) bond motifs is 2. The molecule has 7 nitrogen and oxygen atoms in total. The van der Waals surface area contributed by atoms with E-state index in [1.165, 1.54) is 19.2 Å². The fraction of sp³-hybridized carbons (Fsp3) is 0.250. The first kappa shape index (κ1) is 12.8. The Hall–Kier alpha value is -2.22. The summed E-state index contributed by atoms with van der Waals surface area (Å²) >= 11 is 0. The normalized spacial score (nSPS) is 13.9. The highest BCUT2D eigenvalue weighted by Gasteiger charge is 2.25. The Balaban J connectivity index is 2.54. The summed E-state index contributed by atoms with van der Waals surface area (Å²) in [5.74, 6) is 0.272. The molecule has 0 spiro atoms. The summed E-state index contributed by atoms with van der Waals surface area (Å²) in [5.41, 5.74) is -0.416. The Bertz CT molecular complexity index is 897. The van der Waals surface area contributed by atoms with Crippen molar-refractivity contribution in [2.45, 2.75) is 4.90 Å². The first-order valence-corrected chi connectivity index (χ1v) is 7.55. The van der Waals surface area contributed by atoms with Crippen molar-refractivity contribution in [1.82, 2.24) is 4.57 Å². The molecular formula is C12H11NO6S. The molecule has 106 valence electrons. The van der Waals surface area contributed by atoms with Crippen LogP contribution in [0.2, 0.25) is 0 Å². The number of pyridine rings is 1. The molecule has 0 unspecified atom stereocenters. The highest BCUT2D eigenvalue weighted by atomic mass is 32.2.